The Kier molecular flexibility index (Phi) is 4.95. The Balaban J connectivity index is 1.66. The fourth-order valence-corrected chi connectivity index (χ4v) is 3.12. The van der Waals surface area contributed by atoms with Crippen molar-refractivity contribution in [3.63, 3.8) is 0 Å². The Bertz CT molecular complexity index is 1020. The third kappa shape index (κ3) is 4.25. The zero-order valence-electron chi connectivity index (χ0n) is 15.9. The SMILES string of the molecule is Nc1ccc(Nc2ccc(N(c3ccc(N)cc3)c3ccc(N)cc3)cc2)cc1. The number of rotatable bonds is 5. The van der Waals surface area contributed by atoms with Crippen LogP contribution in [0, 0.1) is 0 Å². The number of hydrogen-bond acceptors (Lipinski definition) is 5. The molecule has 0 spiro atoms. The Labute approximate surface area is 170 Å². The first kappa shape index (κ1) is 18.3. The third-order valence-corrected chi connectivity index (χ3v) is 4.63. The Morgan fingerprint density at radius 1 is 0.414 bits per heavy atom. The molecular formula is C24H23N5. The second-order valence-corrected chi connectivity index (χ2v) is 6.81. The number of nitrogens with two attached hydrogens (primary N) is 3. The molecule has 0 amide bonds. The van der Waals surface area contributed by atoms with Crippen molar-refractivity contribution in [2.45, 2.75) is 0 Å². The number of benzene rings is 4. The van der Waals surface area contributed by atoms with Crippen molar-refractivity contribution in [2.24, 2.45) is 0 Å². The Morgan fingerprint density at radius 3 is 1.07 bits per heavy atom. The summed E-state index contributed by atoms with van der Waals surface area (Å²) in [6, 6.07) is 31.5. The fraction of sp³-hybridized carbons (Fsp3) is 0. The molecule has 7 N–H and O–H groups in total. The summed E-state index contributed by atoms with van der Waals surface area (Å²) in [5, 5.41) is 3.38. The maximum atomic E-state index is 5.88. The summed E-state index contributed by atoms with van der Waals surface area (Å²) in [5.41, 5.74) is 24.8. The van der Waals surface area contributed by atoms with Gasteiger partial charge in [0.05, 0.1) is 0 Å². The van der Waals surface area contributed by atoms with Crippen molar-refractivity contribution < 1.29 is 0 Å². The van der Waals surface area contributed by atoms with Gasteiger partial charge in [-0.3, -0.25) is 0 Å². The van der Waals surface area contributed by atoms with Gasteiger partial charge < -0.3 is 27.4 Å². The van der Waals surface area contributed by atoms with Gasteiger partial charge in [0.1, 0.15) is 0 Å². The molecule has 5 heteroatoms. The third-order valence-electron chi connectivity index (χ3n) is 4.63. The van der Waals surface area contributed by atoms with Gasteiger partial charge in [-0.2, -0.15) is 0 Å². The number of nitrogens with one attached hydrogen (secondary N) is 1. The monoisotopic (exact) mass is 381 g/mol. The summed E-state index contributed by atoms with van der Waals surface area (Å²) in [4.78, 5) is 2.16. The maximum absolute atomic E-state index is 5.88. The number of nitrogen functional groups attached to an aromatic ring is 3. The minimum atomic E-state index is 0.731. The first-order valence-electron chi connectivity index (χ1n) is 9.32. The molecule has 5 nitrogen and oxygen atoms in total. The van der Waals surface area contributed by atoms with Crippen molar-refractivity contribution in [1.82, 2.24) is 0 Å². The molecule has 0 heterocycles. The summed E-state index contributed by atoms with van der Waals surface area (Å²) >= 11 is 0. The molecule has 144 valence electrons. The van der Waals surface area contributed by atoms with Gasteiger partial charge in [-0.25, -0.2) is 0 Å². The van der Waals surface area contributed by atoms with E-state index in [0.29, 0.717) is 0 Å². The summed E-state index contributed by atoms with van der Waals surface area (Å²) in [6.45, 7) is 0. The van der Waals surface area contributed by atoms with Gasteiger partial charge in [-0.05, 0) is 97.1 Å². The summed E-state index contributed by atoms with van der Waals surface area (Å²) in [7, 11) is 0. The van der Waals surface area contributed by atoms with Gasteiger partial charge in [0.2, 0.25) is 0 Å². The van der Waals surface area contributed by atoms with Crippen molar-refractivity contribution >= 4 is 45.5 Å². The molecule has 0 atom stereocenters. The number of anilines is 8. The Hall–Kier alpha value is -4.12. The molecule has 0 radical (unpaired) electrons. The van der Waals surface area contributed by atoms with Crippen molar-refractivity contribution in [1.29, 1.82) is 0 Å². The molecule has 4 rings (SSSR count). The molecule has 4 aromatic carbocycles. The van der Waals surface area contributed by atoms with Gasteiger partial charge in [0.15, 0.2) is 0 Å². The zero-order chi connectivity index (χ0) is 20.2. The predicted molar refractivity (Wildman–Crippen MR) is 124 cm³/mol. The average molecular weight is 381 g/mol. The van der Waals surface area contributed by atoms with Crippen molar-refractivity contribution in [2.75, 3.05) is 27.4 Å². The summed E-state index contributed by atoms with van der Waals surface area (Å²) in [5.74, 6) is 0. The maximum Gasteiger partial charge on any atom is 0.0463 e. The smallest absolute Gasteiger partial charge is 0.0463 e. The van der Waals surface area contributed by atoms with E-state index in [1.165, 1.54) is 0 Å². The van der Waals surface area contributed by atoms with Crippen LogP contribution in [0.2, 0.25) is 0 Å². The van der Waals surface area contributed by atoms with Crippen LogP contribution in [-0.4, -0.2) is 0 Å². The van der Waals surface area contributed by atoms with E-state index in [2.05, 4.69) is 22.3 Å². The molecular weight excluding hydrogens is 358 g/mol. The van der Waals surface area contributed by atoms with E-state index in [4.69, 9.17) is 17.2 Å². The molecule has 0 fully saturated rings. The predicted octanol–water partition coefficient (Wildman–Crippen LogP) is 5.65. The first-order valence-corrected chi connectivity index (χ1v) is 9.32. The van der Waals surface area contributed by atoms with E-state index >= 15 is 0 Å². The van der Waals surface area contributed by atoms with Crippen LogP contribution in [0.1, 0.15) is 0 Å². The molecule has 0 aromatic heterocycles. The van der Waals surface area contributed by atoms with Gasteiger partial charge in [-0.15, -0.1) is 0 Å². The number of hydrogen-bond donors (Lipinski definition) is 4. The largest absolute Gasteiger partial charge is 0.399 e. The van der Waals surface area contributed by atoms with Gasteiger partial charge >= 0.3 is 0 Å². The van der Waals surface area contributed by atoms with Crippen LogP contribution >= 0.6 is 0 Å². The van der Waals surface area contributed by atoms with Gasteiger partial charge in [-0.1, -0.05) is 0 Å². The highest BCUT2D eigenvalue weighted by Gasteiger charge is 2.12. The van der Waals surface area contributed by atoms with Gasteiger partial charge in [0, 0.05) is 45.5 Å². The lowest BCUT2D eigenvalue weighted by atomic mass is 10.1. The van der Waals surface area contributed by atoms with Crippen LogP contribution in [0.25, 0.3) is 0 Å². The van der Waals surface area contributed by atoms with E-state index in [-0.39, 0.29) is 0 Å². The van der Waals surface area contributed by atoms with Crippen LogP contribution in [0.4, 0.5) is 45.5 Å². The second kappa shape index (κ2) is 7.86. The zero-order valence-corrected chi connectivity index (χ0v) is 15.9. The standard InChI is InChI=1S/C24H23N5/c25-17-1-7-20(8-2-17)28-21-9-15-24(16-10-21)29(22-11-3-18(26)4-12-22)23-13-5-19(27)6-14-23/h1-16,28H,25-27H2. The van der Waals surface area contributed by atoms with Crippen LogP contribution in [0.3, 0.4) is 0 Å². The molecule has 0 aliphatic heterocycles. The minimum Gasteiger partial charge on any atom is -0.399 e. The average Bonchev–Trinajstić information content (AvgIpc) is 2.74. The lowest BCUT2D eigenvalue weighted by Crippen LogP contribution is -2.10. The van der Waals surface area contributed by atoms with E-state index < -0.39 is 0 Å². The van der Waals surface area contributed by atoms with E-state index in [1.807, 2.05) is 84.9 Å². The lowest BCUT2D eigenvalue weighted by Gasteiger charge is -2.26. The topological polar surface area (TPSA) is 93.3 Å². The van der Waals surface area contributed by atoms with E-state index in [9.17, 15) is 0 Å². The van der Waals surface area contributed by atoms with E-state index in [0.717, 1.165) is 45.5 Å². The van der Waals surface area contributed by atoms with Gasteiger partial charge in [0.25, 0.3) is 0 Å². The highest BCUT2D eigenvalue weighted by Crippen LogP contribution is 2.35. The molecule has 0 saturated heterocycles. The van der Waals surface area contributed by atoms with Crippen LogP contribution < -0.4 is 27.4 Å². The van der Waals surface area contributed by atoms with Crippen molar-refractivity contribution in [3.8, 4) is 0 Å². The second-order valence-electron chi connectivity index (χ2n) is 6.81. The van der Waals surface area contributed by atoms with Crippen LogP contribution in [-0.2, 0) is 0 Å². The molecule has 0 aliphatic carbocycles. The summed E-state index contributed by atoms with van der Waals surface area (Å²) in [6.07, 6.45) is 0. The quantitative estimate of drug-likeness (QED) is 0.335. The van der Waals surface area contributed by atoms with Crippen LogP contribution in [0.15, 0.2) is 97.1 Å². The molecule has 0 saturated carbocycles. The molecule has 29 heavy (non-hydrogen) atoms. The van der Waals surface area contributed by atoms with Crippen LogP contribution in [0.5, 0.6) is 0 Å². The van der Waals surface area contributed by atoms with E-state index in [1.54, 1.807) is 0 Å². The molecule has 0 aliphatic rings. The molecule has 4 aromatic rings. The minimum absolute atomic E-state index is 0.731. The normalized spacial score (nSPS) is 10.5. The highest BCUT2D eigenvalue weighted by atomic mass is 15.1. The lowest BCUT2D eigenvalue weighted by molar-refractivity contribution is 1.28. The number of nitrogens with zero attached hydrogens (tertiary/aromatic N) is 1. The highest BCUT2D eigenvalue weighted by molar-refractivity contribution is 5.79. The Morgan fingerprint density at radius 2 is 0.690 bits per heavy atom. The van der Waals surface area contributed by atoms with Crippen molar-refractivity contribution in [3.05, 3.63) is 97.1 Å². The summed E-state index contributed by atoms with van der Waals surface area (Å²) < 4.78 is 0. The molecule has 0 unspecified atom stereocenters. The fourth-order valence-electron chi connectivity index (χ4n) is 3.12. The first-order chi connectivity index (χ1) is 14.1. The molecule has 0 bridgehead atoms.